The predicted molar refractivity (Wildman–Crippen MR) is 65.1 cm³/mol. The second-order valence-corrected chi connectivity index (χ2v) is 3.98. The minimum Gasteiger partial charge on any atom is -0.399 e. The van der Waals surface area contributed by atoms with E-state index in [-0.39, 0.29) is 0 Å². The lowest BCUT2D eigenvalue weighted by Crippen LogP contribution is -1.90. The number of nitrogen functional groups attached to an aromatic ring is 1. The van der Waals surface area contributed by atoms with Gasteiger partial charge < -0.3 is 5.73 Å². The van der Waals surface area contributed by atoms with Crippen molar-refractivity contribution in [1.82, 2.24) is 0 Å². The van der Waals surface area contributed by atoms with Crippen LogP contribution in [0.15, 0.2) is 48.5 Å². The summed E-state index contributed by atoms with van der Waals surface area (Å²) in [6.45, 7) is 0. The van der Waals surface area contributed by atoms with Gasteiger partial charge in [0.05, 0.1) is 0 Å². The van der Waals surface area contributed by atoms with Crippen LogP contribution in [0, 0.1) is 0 Å². The molecule has 0 fully saturated rings. The summed E-state index contributed by atoms with van der Waals surface area (Å²) in [5.41, 5.74) is 8.98. The highest BCUT2D eigenvalue weighted by atomic mass is 35.5. The molecule has 0 bridgehead atoms. The lowest BCUT2D eigenvalue weighted by molar-refractivity contribution is 1.19. The topological polar surface area (TPSA) is 26.0 Å². The molecule has 1 nitrogen and oxygen atoms in total. The largest absolute Gasteiger partial charge is 0.399 e. The van der Waals surface area contributed by atoms with Crippen LogP contribution >= 0.6 is 11.6 Å². The van der Waals surface area contributed by atoms with E-state index >= 15 is 0 Å². The van der Waals surface area contributed by atoms with E-state index in [1.807, 2.05) is 42.5 Å². The molecule has 2 rings (SSSR count). The highest BCUT2D eigenvalue weighted by Gasteiger charge is 1.96. The van der Waals surface area contributed by atoms with Gasteiger partial charge >= 0.3 is 0 Å². The first-order valence-corrected chi connectivity index (χ1v) is 5.21. The summed E-state index contributed by atoms with van der Waals surface area (Å²) in [7, 11) is 0. The van der Waals surface area contributed by atoms with Crippen molar-refractivity contribution in [2.75, 3.05) is 5.73 Å². The quantitative estimate of drug-likeness (QED) is 0.766. The van der Waals surface area contributed by atoms with Crippen LogP contribution in [-0.4, -0.2) is 0 Å². The fraction of sp³-hybridized carbons (Fsp3) is 0.0769. The summed E-state index contributed by atoms with van der Waals surface area (Å²) < 4.78 is 0. The molecule has 0 aromatic heterocycles. The molecule has 0 heterocycles. The van der Waals surface area contributed by atoms with Crippen molar-refractivity contribution in [2.45, 2.75) is 6.42 Å². The van der Waals surface area contributed by atoms with Gasteiger partial charge in [0.25, 0.3) is 0 Å². The number of rotatable bonds is 2. The predicted octanol–water partition coefficient (Wildman–Crippen LogP) is 3.51. The monoisotopic (exact) mass is 217 g/mol. The molecule has 0 aliphatic carbocycles. The number of hydrogen-bond donors (Lipinski definition) is 1. The van der Waals surface area contributed by atoms with Crippen LogP contribution in [0.2, 0.25) is 5.02 Å². The first kappa shape index (κ1) is 10.1. The molecule has 2 N–H and O–H groups in total. The van der Waals surface area contributed by atoms with Crippen molar-refractivity contribution in [1.29, 1.82) is 0 Å². The number of nitrogens with two attached hydrogens (primary N) is 1. The van der Waals surface area contributed by atoms with E-state index in [2.05, 4.69) is 6.07 Å². The van der Waals surface area contributed by atoms with E-state index in [1.54, 1.807) is 0 Å². The van der Waals surface area contributed by atoms with Gasteiger partial charge in [0, 0.05) is 10.7 Å². The van der Waals surface area contributed by atoms with Crippen molar-refractivity contribution >= 4 is 17.3 Å². The lowest BCUT2D eigenvalue weighted by Gasteiger charge is -2.03. The zero-order valence-electron chi connectivity index (χ0n) is 8.28. The molecule has 0 spiro atoms. The van der Waals surface area contributed by atoms with Gasteiger partial charge in [-0.05, 0) is 41.8 Å². The third kappa shape index (κ3) is 2.74. The molecule has 0 saturated carbocycles. The maximum absolute atomic E-state index is 5.82. The molecule has 0 saturated heterocycles. The van der Waals surface area contributed by atoms with Crippen LogP contribution in [0.4, 0.5) is 5.69 Å². The minimum absolute atomic E-state index is 0.770. The van der Waals surface area contributed by atoms with E-state index in [0.717, 1.165) is 17.1 Å². The molecule has 0 unspecified atom stereocenters. The average Bonchev–Trinajstić information content (AvgIpc) is 2.22. The Hall–Kier alpha value is -1.47. The van der Waals surface area contributed by atoms with Gasteiger partial charge in [-0.25, -0.2) is 0 Å². The smallest absolute Gasteiger partial charge is 0.0406 e. The summed E-state index contributed by atoms with van der Waals surface area (Å²) in [6, 6.07) is 15.8. The zero-order chi connectivity index (χ0) is 10.7. The van der Waals surface area contributed by atoms with E-state index in [9.17, 15) is 0 Å². The average molecular weight is 218 g/mol. The third-order valence-electron chi connectivity index (χ3n) is 2.27. The molecule has 2 heteroatoms. The Labute approximate surface area is 94.5 Å². The van der Waals surface area contributed by atoms with Gasteiger partial charge in [-0.3, -0.25) is 0 Å². The summed E-state index contributed by atoms with van der Waals surface area (Å²) in [4.78, 5) is 0. The van der Waals surface area contributed by atoms with Gasteiger partial charge in [0.1, 0.15) is 0 Å². The van der Waals surface area contributed by atoms with E-state index in [4.69, 9.17) is 17.3 Å². The van der Waals surface area contributed by atoms with Crippen LogP contribution in [0.25, 0.3) is 0 Å². The Balaban J connectivity index is 2.18. The first-order valence-electron chi connectivity index (χ1n) is 4.83. The minimum atomic E-state index is 0.770. The zero-order valence-corrected chi connectivity index (χ0v) is 9.04. The van der Waals surface area contributed by atoms with Crippen molar-refractivity contribution in [3.8, 4) is 0 Å². The molecule has 2 aromatic rings. The maximum Gasteiger partial charge on any atom is 0.0406 e. The molecular weight excluding hydrogens is 206 g/mol. The van der Waals surface area contributed by atoms with Crippen molar-refractivity contribution in [3.63, 3.8) is 0 Å². The van der Waals surface area contributed by atoms with Gasteiger partial charge in [-0.2, -0.15) is 0 Å². The van der Waals surface area contributed by atoms with Crippen LogP contribution in [0.3, 0.4) is 0 Å². The molecular formula is C13H12ClN. The van der Waals surface area contributed by atoms with Crippen molar-refractivity contribution < 1.29 is 0 Å². The standard InChI is InChI=1S/C13H12ClN/c14-12-6-4-10(5-7-12)8-11-2-1-3-13(15)9-11/h1-7,9H,8,15H2. The van der Waals surface area contributed by atoms with E-state index < -0.39 is 0 Å². The maximum atomic E-state index is 5.82. The highest BCUT2D eigenvalue weighted by molar-refractivity contribution is 6.30. The van der Waals surface area contributed by atoms with Gasteiger partial charge in [0.2, 0.25) is 0 Å². The van der Waals surface area contributed by atoms with E-state index in [0.29, 0.717) is 0 Å². The number of halogens is 1. The van der Waals surface area contributed by atoms with Gasteiger partial charge in [-0.15, -0.1) is 0 Å². The SMILES string of the molecule is Nc1cccc(Cc2ccc(Cl)cc2)c1. The van der Waals surface area contributed by atoms with Gasteiger partial charge in [-0.1, -0.05) is 35.9 Å². The summed E-state index contributed by atoms with van der Waals surface area (Å²) >= 11 is 5.82. The second-order valence-electron chi connectivity index (χ2n) is 3.55. The summed E-state index contributed by atoms with van der Waals surface area (Å²) in [5.74, 6) is 0. The molecule has 0 amide bonds. The van der Waals surface area contributed by atoms with Gasteiger partial charge in [0.15, 0.2) is 0 Å². The second kappa shape index (κ2) is 4.37. The molecule has 0 atom stereocenters. The van der Waals surface area contributed by atoms with Crippen molar-refractivity contribution in [3.05, 3.63) is 64.7 Å². The van der Waals surface area contributed by atoms with Crippen LogP contribution < -0.4 is 5.73 Å². The van der Waals surface area contributed by atoms with E-state index in [1.165, 1.54) is 11.1 Å². The molecule has 0 aliphatic heterocycles. The summed E-state index contributed by atoms with van der Waals surface area (Å²) in [5, 5.41) is 0.770. The number of anilines is 1. The fourth-order valence-corrected chi connectivity index (χ4v) is 1.67. The Morgan fingerprint density at radius 2 is 1.67 bits per heavy atom. The third-order valence-corrected chi connectivity index (χ3v) is 2.52. The fourth-order valence-electron chi connectivity index (χ4n) is 1.54. The molecule has 2 aromatic carbocycles. The van der Waals surface area contributed by atoms with Crippen molar-refractivity contribution in [2.24, 2.45) is 0 Å². The molecule has 0 aliphatic rings. The normalized spacial score (nSPS) is 10.2. The van der Waals surface area contributed by atoms with Crippen LogP contribution in [0.5, 0.6) is 0 Å². The Bertz CT molecular complexity index is 448. The number of hydrogen-bond acceptors (Lipinski definition) is 1. The number of benzene rings is 2. The van der Waals surface area contributed by atoms with Crippen LogP contribution in [0.1, 0.15) is 11.1 Å². The van der Waals surface area contributed by atoms with Crippen LogP contribution in [-0.2, 0) is 6.42 Å². The Morgan fingerprint density at radius 3 is 2.33 bits per heavy atom. The Morgan fingerprint density at radius 1 is 0.933 bits per heavy atom. The molecule has 0 radical (unpaired) electrons. The molecule has 76 valence electrons. The Kier molecular flexibility index (Phi) is 2.93. The molecule has 15 heavy (non-hydrogen) atoms. The highest BCUT2D eigenvalue weighted by Crippen LogP contribution is 2.15. The first-order chi connectivity index (χ1) is 7.24. The summed E-state index contributed by atoms with van der Waals surface area (Å²) in [6.07, 6.45) is 0.891. The lowest BCUT2D eigenvalue weighted by atomic mass is 10.0.